The maximum atomic E-state index is 8.36. The van der Waals surface area contributed by atoms with E-state index in [9.17, 15) is 0 Å². The van der Waals surface area contributed by atoms with Gasteiger partial charge in [-0.2, -0.15) is 5.26 Å². The van der Waals surface area contributed by atoms with Crippen LogP contribution in [0.2, 0.25) is 0 Å². The van der Waals surface area contributed by atoms with Gasteiger partial charge in [0.15, 0.2) is 0 Å². The quantitative estimate of drug-likeness (QED) is 0.657. The van der Waals surface area contributed by atoms with Crippen LogP contribution in [0.15, 0.2) is 22.7 Å². The normalized spacial score (nSPS) is 9.67. The zero-order chi connectivity index (χ0) is 11.1. The van der Waals surface area contributed by atoms with Crippen molar-refractivity contribution in [1.82, 2.24) is 5.32 Å². The van der Waals surface area contributed by atoms with Crippen LogP contribution < -0.4 is 10.1 Å². The Morgan fingerprint density at radius 3 is 3.00 bits per heavy atom. The number of nitriles is 1. The van der Waals surface area contributed by atoms with Crippen molar-refractivity contribution < 1.29 is 4.74 Å². The van der Waals surface area contributed by atoms with E-state index in [1.807, 2.05) is 24.3 Å². The summed E-state index contributed by atoms with van der Waals surface area (Å²) >= 11 is 3.42. The Morgan fingerprint density at radius 2 is 2.33 bits per heavy atom. The van der Waals surface area contributed by atoms with E-state index in [0.29, 0.717) is 6.54 Å². The summed E-state index contributed by atoms with van der Waals surface area (Å²) < 4.78 is 6.28. The van der Waals surface area contributed by atoms with Crippen molar-refractivity contribution in [3.63, 3.8) is 0 Å². The summed E-state index contributed by atoms with van der Waals surface area (Å²) in [4.78, 5) is 0. The van der Waals surface area contributed by atoms with E-state index >= 15 is 0 Å². The van der Waals surface area contributed by atoms with E-state index in [1.165, 1.54) is 0 Å². The lowest BCUT2D eigenvalue weighted by atomic mass is 10.1. The standard InChI is InChI=1S/C11H13BrN2O/c1-15-11-3-2-10(12)8-9(11)4-6-14-7-5-13/h2-3,8,14H,4,6-7H2,1H3. The molecule has 0 spiro atoms. The molecule has 0 saturated heterocycles. The summed E-state index contributed by atoms with van der Waals surface area (Å²) in [6, 6.07) is 7.96. The molecule has 0 aromatic heterocycles. The number of ether oxygens (including phenoxy) is 1. The minimum absolute atomic E-state index is 0.385. The molecule has 0 fully saturated rings. The molecular formula is C11H13BrN2O. The van der Waals surface area contributed by atoms with E-state index in [1.54, 1.807) is 7.11 Å². The van der Waals surface area contributed by atoms with Crippen LogP contribution >= 0.6 is 15.9 Å². The number of rotatable bonds is 5. The van der Waals surface area contributed by atoms with E-state index in [-0.39, 0.29) is 0 Å². The summed E-state index contributed by atoms with van der Waals surface area (Å²) in [5.74, 6) is 0.886. The van der Waals surface area contributed by atoms with Gasteiger partial charge in [-0.05, 0) is 30.2 Å². The van der Waals surface area contributed by atoms with Gasteiger partial charge < -0.3 is 10.1 Å². The molecule has 3 nitrogen and oxygen atoms in total. The van der Waals surface area contributed by atoms with Gasteiger partial charge in [-0.15, -0.1) is 0 Å². The fourth-order valence-electron chi connectivity index (χ4n) is 1.31. The topological polar surface area (TPSA) is 45.0 Å². The molecule has 0 aliphatic rings. The van der Waals surface area contributed by atoms with Crippen molar-refractivity contribution in [1.29, 1.82) is 5.26 Å². The molecule has 0 aliphatic heterocycles. The maximum absolute atomic E-state index is 8.36. The van der Waals surface area contributed by atoms with Crippen molar-refractivity contribution in [2.45, 2.75) is 6.42 Å². The number of methoxy groups -OCH3 is 1. The molecule has 0 saturated carbocycles. The van der Waals surface area contributed by atoms with E-state index in [2.05, 4.69) is 21.2 Å². The molecule has 0 radical (unpaired) electrons. The number of hydrogen-bond donors (Lipinski definition) is 1. The number of nitrogens with zero attached hydrogens (tertiary/aromatic N) is 1. The van der Waals surface area contributed by atoms with Gasteiger partial charge >= 0.3 is 0 Å². The number of nitrogens with one attached hydrogen (secondary N) is 1. The molecular weight excluding hydrogens is 256 g/mol. The zero-order valence-electron chi connectivity index (χ0n) is 8.59. The lowest BCUT2D eigenvalue weighted by Gasteiger charge is -2.08. The largest absolute Gasteiger partial charge is 0.496 e. The number of benzene rings is 1. The maximum Gasteiger partial charge on any atom is 0.122 e. The van der Waals surface area contributed by atoms with Crippen molar-refractivity contribution >= 4 is 15.9 Å². The molecule has 0 amide bonds. The SMILES string of the molecule is COc1ccc(Br)cc1CCNCC#N. The Balaban J connectivity index is 2.58. The lowest BCUT2D eigenvalue weighted by Crippen LogP contribution is -2.17. The summed E-state index contributed by atoms with van der Waals surface area (Å²) in [5, 5.41) is 11.4. The van der Waals surface area contributed by atoms with Gasteiger partial charge in [-0.3, -0.25) is 0 Å². The molecule has 15 heavy (non-hydrogen) atoms. The van der Waals surface area contributed by atoms with Gasteiger partial charge in [-0.1, -0.05) is 15.9 Å². The second-order valence-corrected chi connectivity index (χ2v) is 3.96. The Morgan fingerprint density at radius 1 is 1.53 bits per heavy atom. The highest BCUT2D eigenvalue weighted by Gasteiger charge is 2.02. The van der Waals surface area contributed by atoms with Crippen molar-refractivity contribution in [2.24, 2.45) is 0 Å². The van der Waals surface area contributed by atoms with Crippen LogP contribution in [-0.4, -0.2) is 20.2 Å². The molecule has 0 heterocycles. The molecule has 4 heteroatoms. The van der Waals surface area contributed by atoms with Gasteiger partial charge in [0.2, 0.25) is 0 Å². The molecule has 1 aromatic carbocycles. The lowest BCUT2D eigenvalue weighted by molar-refractivity contribution is 0.409. The number of halogens is 1. The molecule has 1 aromatic rings. The van der Waals surface area contributed by atoms with E-state index in [4.69, 9.17) is 10.00 Å². The zero-order valence-corrected chi connectivity index (χ0v) is 10.2. The van der Waals surface area contributed by atoms with Crippen molar-refractivity contribution in [3.8, 4) is 11.8 Å². The van der Waals surface area contributed by atoms with Crippen LogP contribution in [0.3, 0.4) is 0 Å². The molecule has 80 valence electrons. The number of hydrogen-bond acceptors (Lipinski definition) is 3. The highest BCUT2D eigenvalue weighted by Crippen LogP contribution is 2.22. The highest BCUT2D eigenvalue weighted by atomic mass is 79.9. The summed E-state index contributed by atoms with van der Waals surface area (Å²) in [6.45, 7) is 1.16. The van der Waals surface area contributed by atoms with E-state index < -0.39 is 0 Å². The van der Waals surface area contributed by atoms with Crippen LogP contribution in [-0.2, 0) is 6.42 Å². The second kappa shape index (κ2) is 6.44. The van der Waals surface area contributed by atoms with Crippen LogP contribution in [0.5, 0.6) is 5.75 Å². The highest BCUT2D eigenvalue weighted by molar-refractivity contribution is 9.10. The van der Waals surface area contributed by atoms with Gasteiger partial charge in [0.05, 0.1) is 19.7 Å². The minimum atomic E-state index is 0.385. The average Bonchev–Trinajstić information content (AvgIpc) is 2.25. The van der Waals surface area contributed by atoms with Crippen molar-refractivity contribution in [3.05, 3.63) is 28.2 Å². The van der Waals surface area contributed by atoms with Gasteiger partial charge in [0.1, 0.15) is 5.75 Å². The van der Waals surface area contributed by atoms with Gasteiger partial charge in [-0.25, -0.2) is 0 Å². The first-order valence-corrected chi connectivity index (χ1v) is 5.47. The Kier molecular flexibility index (Phi) is 5.16. The molecule has 0 aliphatic carbocycles. The van der Waals surface area contributed by atoms with Crippen LogP contribution in [0, 0.1) is 11.3 Å². The second-order valence-electron chi connectivity index (χ2n) is 3.04. The van der Waals surface area contributed by atoms with Gasteiger partial charge in [0, 0.05) is 11.0 Å². The minimum Gasteiger partial charge on any atom is -0.496 e. The summed E-state index contributed by atoms with van der Waals surface area (Å²) in [6.07, 6.45) is 0.851. The average molecular weight is 269 g/mol. The Labute approximate surface area is 98.2 Å². The van der Waals surface area contributed by atoms with E-state index in [0.717, 1.165) is 28.8 Å². The Hall–Kier alpha value is -1.05. The fraction of sp³-hybridized carbons (Fsp3) is 0.364. The predicted molar refractivity (Wildman–Crippen MR) is 62.9 cm³/mol. The van der Waals surface area contributed by atoms with Crippen LogP contribution in [0.1, 0.15) is 5.56 Å². The van der Waals surface area contributed by atoms with Gasteiger partial charge in [0.25, 0.3) is 0 Å². The Bertz CT molecular complexity index is 360. The smallest absolute Gasteiger partial charge is 0.122 e. The monoisotopic (exact) mass is 268 g/mol. The molecule has 0 unspecified atom stereocenters. The van der Waals surface area contributed by atoms with Crippen molar-refractivity contribution in [2.75, 3.05) is 20.2 Å². The molecule has 0 bridgehead atoms. The third-order valence-corrected chi connectivity index (χ3v) is 2.51. The molecule has 0 atom stereocenters. The predicted octanol–water partition coefficient (Wildman–Crippen LogP) is 2.11. The third-order valence-electron chi connectivity index (χ3n) is 2.02. The van der Waals surface area contributed by atoms with Crippen LogP contribution in [0.25, 0.3) is 0 Å². The fourth-order valence-corrected chi connectivity index (χ4v) is 1.72. The first-order chi connectivity index (χ1) is 7.27. The first-order valence-electron chi connectivity index (χ1n) is 4.68. The summed E-state index contributed by atoms with van der Waals surface area (Å²) in [5.41, 5.74) is 1.14. The summed E-state index contributed by atoms with van der Waals surface area (Å²) in [7, 11) is 1.66. The molecule has 1 rings (SSSR count). The van der Waals surface area contributed by atoms with Crippen LogP contribution in [0.4, 0.5) is 0 Å². The molecule has 1 N–H and O–H groups in total. The first kappa shape index (κ1) is 12.0. The third kappa shape index (κ3) is 3.90.